The van der Waals surface area contributed by atoms with Gasteiger partial charge in [0.25, 0.3) is 5.91 Å². The second-order valence-electron chi connectivity index (χ2n) is 5.88. The van der Waals surface area contributed by atoms with Crippen molar-refractivity contribution >= 4 is 28.3 Å². The number of ether oxygens (including phenoxy) is 1. The molecule has 1 aliphatic carbocycles. The molecule has 0 saturated carbocycles. The van der Waals surface area contributed by atoms with Gasteiger partial charge in [-0.3, -0.25) is 19.6 Å². The van der Waals surface area contributed by atoms with Crippen molar-refractivity contribution < 1.29 is 14.3 Å². The van der Waals surface area contributed by atoms with Gasteiger partial charge in [-0.15, -0.1) is 11.3 Å². The summed E-state index contributed by atoms with van der Waals surface area (Å²) < 4.78 is 6.77. The number of aryl methyl sites for hydroxylation is 1. The average molecular weight is 348 g/mol. The number of carbonyl (C=O) groups excluding carboxylic acids is 2. The number of anilines is 1. The second kappa shape index (κ2) is 6.72. The van der Waals surface area contributed by atoms with Crippen molar-refractivity contribution in [3.05, 3.63) is 28.5 Å². The molecule has 1 N–H and O–H groups in total. The van der Waals surface area contributed by atoms with Gasteiger partial charge >= 0.3 is 5.97 Å². The second-order valence-corrected chi connectivity index (χ2v) is 6.96. The minimum Gasteiger partial charge on any atom is -0.465 e. The quantitative estimate of drug-likeness (QED) is 0.840. The molecule has 0 saturated heterocycles. The third kappa shape index (κ3) is 3.06. The molecule has 0 radical (unpaired) electrons. The lowest BCUT2D eigenvalue weighted by atomic mass is 10.1. The van der Waals surface area contributed by atoms with E-state index >= 15 is 0 Å². The number of aromatic nitrogens is 3. The number of nitrogens with one attached hydrogen (secondary N) is 1. The third-order valence-electron chi connectivity index (χ3n) is 3.90. The Morgan fingerprint density at radius 1 is 1.50 bits per heavy atom. The van der Waals surface area contributed by atoms with Crippen LogP contribution in [0.3, 0.4) is 0 Å². The Kier molecular flexibility index (Phi) is 4.66. The lowest BCUT2D eigenvalue weighted by Gasteiger charge is -2.10. The summed E-state index contributed by atoms with van der Waals surface area (Å²) in [6, 6.07) is 1.77. The summed E-state index contributed by atoms with van der Waals surface area (Å²) in [6.07, 6.45) is 3.12. The van der Waals surface area contributed by atoms with E-state index in [1.165, 1.54) is 11.3 Å². The number of nitrogens with zero attached hydrogens (tertiary/aromatic N) is 3. The molecule has 1 unspecified atom stereocenters. The van der Waals surface area contributed by atoms with Gasteiger partial charge in [0, 0.05) is 17.1 Å². The zero-order chi connectivity index (χ0) is 17.3. The van der Waals surface area contributed by atoms with Crippen LogP contribution in [0.1, 0.15) is 60.2 Å². The number of esters is 1. The van der Waals surface area contributed by atoms with Gasteiger partial charge in [-0.2, -0.15) is 5.10 Å². The molecule has 0 aromatic carbocycles. The van der Waals surface area contributed by atoms with Crippen LogP contribution in [0.4, 0.5) is 5.13 Å². The van der Waals surface area contributed by atoms with Crippen molar-refractivity contribution in [2.75, 3.05) is 11.9 Å². The Labute approximate surface area is 144 Å². The summed E-state index contributed by atoms with van der Waals surface area (Å²) in [5, 5.41) is 7.49. The van der Waals surface area contributed by atoms with Crippen molar-refractivity contribution in [2.24, 2.45) is 0 Å². The molecule has 24 heavy (non-hydrogen) atoms. The van der Waals surface area contributed by atoms with Gasteiger partial charge in [-0.1, -0.05) is 0 Å². The lowest BCUT2D eigenvalue weighted by Crippen LogP contribution is -2.19. The predicted octanol–water partition coefficient (Wildman–Crippen LogP) is 2.77. The van der Waals surface area contributed by atoms with Gasteiger partial charge in [0.15, 0.2) is 5.13 Å². The smallest absolute Gasteiger partial charge is 0.315 e. The molecule has 0 aliphatic heterocycles. The van der Waals surface area contributed by atoms with Crippen LogP contribution in [0.25, 0.3) is 0 Å². The summed E-state index contributed by atoms with van der Waals surface area (Å²) in [5.41, 5.74) is 1.23. The monoisotopic (exact) mass is 348 g/mol. The minimum atomic E-state index is -0.317. The first-order chi connectivity index (χ1) is 11.5. The highest BCUT2D eigenvalue weighted by Gasteiger charge is 2.34. The molecule has 0 fully saturated rings. The molecule has 0 spiro atoms. The molecule has 1 aliphatic rings. The number of carbonyl (C=O) groups is 2. The average Bonchev–Trinajstić information content (AvgIpc) is 3.21. The van der Waals surface area contributed by atoms with Gasteiger partial charge in [0.1, 0.15) is 11.6 Å². The number of rotatable bonds is 5. The Morgan fingerprint density at radius 3 is 3.00 bits per heavy atom. The molecule has 3 rings (SSSR count). The van der Waals surface area contributed by atoms with E-state index in [4.69, 9.17) is 4.74 Å². The molecule has 0 bridgehead atoms. The van der Waals surface area contributed by atoms with Crippen LogP contribution in [0.5, 0.6) is 0 Å². The van der Waals surface area contributed by atoms with Gasteiger partial charge < -0.3 is 4.74 Å². The predicted molar refractivity (Wildman–Crippen MR) is 90.4 cm³/mol. The summed E-state index contributed by atoms with van der Waals surface area (Å²) in [7, 11) is 0. The molecular weight excluding hydrogens is 328 g/mol. The van der Waals surface area contributed by atoms with Gasteiger partial charge in [-0.25, -0.2) is 4.98 Å². The largest absolute Gasteiger partial charge is 0.465 e. The first-order valence-corrected chi connectivity index (χ1v) is 8.84. The maximum atomic E-state index is 12.4. The van der Waals surface area contributed by atoms with E-state index in [0.717, 1.165) is 23.4 Å². The fraction of sp³-hybridized carbons (Fsp3) is 0.500. The topological polar surface area (TPSA) is 86.1 Å². The molecule has 8 heteroatoms. The Bertz CT molecular complexity index is 765. The molecule has 1 atom stereocenters. The fourth-order valence-electron chi connectivity index (χ4n) is 2.82. The van der Waals surface area contributed by atoms with Gasteiger partial charge in [0.05, 0.1) is 12.3 Å². The fourth-order valence-corrected chi connectivity index (χ4v) is 3.85. The van der Waals surface area contributed by atoms with Crippen LogP contribution in [-0.4, -0.2) is 33.2 Å². The molecule has 128 valence electrons. The first-order valence-electron chi connectivity index (χ1n) is 8.02. The van der Waals surface area contributed by atoms with E-state index in [9.17, 15) is 9.59 Å². The molecule has 2 heterocycles. The zero-order valence-electron chi connectivity index (χ0n) is 13.9. The van der Waals surface area contributed by atoms with Gasteiger partial charge in [0.2, 0.25) is 0 Å². The number of fused-ring (bicyclic) bond motifs is 1. The van der Waals surface area contributed by atoms with E-state index in [1.54, 1.807) is 23.9 Å². The van der Waals surface area contributed by atoms with Crippen molar-refractivity contribution in [3.8, 4) is 0 Å². The minimum absolute atomic E-state index is 0.0928. The van der Waals surface area contributed by atoms with Crippen LogP contribution < -0.4 is 5.32 Å². The standard InChI is InChI=1S/C16H20N4O3S/c1-4-23-15(22)10-5-6-12-13(10)18-16(24-12)19-14(21)11-7-8-17-20(11)9(2)3/h7-10H,4-6H2,1-3H3,(H,18,19,21). The third-order valence-corrected chi connectivity index (χ3v) is 4.95. The first kappa shape index (κ1) is 16.6. The van der Waals surface area contributed by atoms with Crippen LogP contribution in [0.2, 0.25) is 0 Å². The van der Waals surface area contributed by atoms with Crippen molar-refractivity contribution in [2.45, 2.75) is 45.6 Å². The van der Waals surface area contributed by atoms with E-state index in [-0.39, 0.29) is 23.8 Å². The summed E-state index contributed by atoms with van der Waals surface area (Å²) in [5.74, 6) is -0.804. The highest BCUT2D eigenvalue weighted by Crippen LogP contribution is 2.39. The van der Waals surface area contributed by atoms with Gasteiger partial charge in [-0.05, 0) is 39.7 Å². The molecule has 1 amide bonds. The van der Waals surface area contributed by atoms with E-state index < -0.39 is 0 Å². The highest BCUT2D eigenvalue weighted by atomic mass is 32.1. The van der Waals surface area contributed by atoms with Crippen LogP contribution in [-0.2, 0) is 16.0 Å². The number of hydrogen-bond acceptors (Lipinski definition) is 6. The molecule has 2 aromatic rings. The van der Waals surface area contributed by atoms with E-state index in [2.05, 4.69) is 15.4 Å². The number of amides is 1. The van der Waals surface area contributed by atoms with E-state index in [1.807, 2.05) is 13.8 Å². The molecule has 7 nitrogen and oxygen atoms in total. The number of thiazole rings is 1. The zero-order valence-corrected chi connectivity index (χ0v) is 14.7. The Balaban J connectivity index is 1.76. The van der Waals surface area contributed by atoms with Crippen molar-refractivity contribution in [1.29, 1.82) is 0 Å². The summed E-state index contributed by atoms with van der Waals surface area (Å²) in [6.45, 7) is 6.08. The Hall–Kier alpha value is -2.22. The maximum absolute atomic E-state index is 12.4. The van der Waals surface area contributed by atoms with Crippen LogP contribution in [0.15, 0.2) is 12.3 Å². The normalized spacial score (nSPS) is 16.2. The maximum Gasteiger partial charge on any atom is 0.315 e. The van der Waals surface area contributed by atoms with E-state index in [0.29, 0.717) is 17.4 Å². The Morgan fingerprint density at radius 2 is 2.29 bits per heavy atom. The summed E-state index contributed by atoms with van der Waals surface area (Å²) in [4.78, 5) is 29.9. The van der Waals surface area contributed by atoms with Crippen LogP contribution >= 0.6 is 11.3 Å². The molecular formula is C16H20N4O3S. The lowest BCUT2D eigenvalue weighted by molar-refractivity contribution is -0.145. The van der Waals surface area contributed by atoms with Crippen molar-refractivity contribution in [1.82, 2.24) is 14.8 Å². The number of hydrogen-bond donors (Lipinski definition) is 1. The molecule has 2 aromatic heterocycles. The van der Waals surface area contributed by atoms with Crippen LogP contribution in [0, 0.1) is 0 Å². The highest BCUT2D eigenvalue weighted by molar-refractivity contribution is 7.16. The van der Waals surface area contributed by atoms with Crippen molar-refractivity contribution in [3.63, 3.8) is 0 Å². The SMILES string of the molecule is CCOC(=O)C1CCc2sc(NC(=O)c3ccnn3C(C)C)nc21. The summed E-state index contributed by atoms with van der Waals surface area (Å²) >= 11 is 1.42.